The first-order chi connectivity index (χ1) is 19.3. The molecule has 13 nitrogen and oxygen atoms in total. The van der Waals surface area contributed by atoms with Crippen molar-refractivity contribution in [1.29, 1.82) is 0 Å². The molecule has 2 aromatic rings. The second kappa shape index (κ2) is 9.64. The summed E-state index contributed by atoms with van der Waals surface area (Å²) in [6.07, 6.45) is -2.29. The number of rotatable bonds is 4. The highest BCUT2D eigenvalue weighted by atomic mass is 16.5. The zero-order chi connectivity index (χ0) is 30.0. The van der Waals surface area contributed by atoms with Gasteiger partial charge in [-0.25, -0.2) is 4.79 Å². The largest absolute Gasteiger partial charge is 0.508 e. The number of hydrogen-bond acceptors (Lipinski definition) is 10. The SMILES string of the molecule is COc1ccc(NC(=O)Nc2ccc3c(c2O)C(O)=C2C(=O)[C@]4(O)C(O)=C(C(N)=O)C(=O)C[C@@H]4[C@@H](O)[C@@H]2[C@H]3C)cc1. The number of anilines is 2. The van der Waals surface area contributed by atoms with Crippen molar-refractivity contribution in [2.75, 3.05) is 17.7 Å². The Bertz CT molecular complexity index is 1580. The maximum Gasteiger partial charge on any atom is 0.323 e. The number of phenols is 1. The number of amides is 3. The van der Waals surface area contributed by atoms with Gasteiger partial charge in [-0.2, -0.15) is 0 Å². The lowest BCUT2D eigenvalue weighted by molar-refractivity contribution is -0.160. The van der Waals surface area contributed by atoms with Gasteiger partial charge in [0.15, 0.2) is 11.4 Å². The van der Waals surface area contributed by atoms with E-state index in [1.807, 2.05) is 0 Å². The zero-order valence-electron chi connectivity index (χ0n) is 21.8. The van der Waals surface area contributed by atoms with Crippen molar-refractivity contribution in [2.45, 2.75) is 31.0 Å². The first-order valence-corrected chi connectivity index (χ1v) is 12.6. The normalized spacial score (nSPS) is 27.0. The van der Waals surface area contributed by atoms with Crippen molar-refractivity contribution in [1.82, 2.24) is 0 Å². The Labute approximate surface area is 232 Å². The molecule has 5 atom stereocenters. The van der Waals surface area contributed by atoms with E-state index in [2.05, 4.69) is 10.6 Å². The molecule has 3 aliphatic carbocycles. The quantitative estimate of drug-likeness (QED) is 0.197. The van der Waals surface area contributed by atoms with Crippen LogP contribution in [0.2, 0.25) is 0 Å². The summed E-state index contributed by atoms with van der Waals surface area (Å²) in [5.41, 5.74) is 1.13. The highest BCUT2D eigenvalue weighted by molar-refractivity contribution is 6.23. The number of ether oxygens (including phenoxy) is 1. The average molecular weight is 566 g/mol. The minimum atomic E-state index is -2.93. The van der Waals surface area contributed by atoms with Crippen LogP contribution in [0.15, 0.2) is 53.3 Å². The van der Waals surface area contributed by atoms with E-state index >= 15 is 0 Å². The molecule has 2 aromatic carbocycles. The number of ketones is 2. The molecule has 3 aliphatic rings. The van der Waals surface area contributed by atoms with Gasteiger partial charge in [-0.15, -0.1) is 0 Å². The van der Waals surface area contributed by atoms with E-state index in [1.54, 1.807) is 31.2 Å². The minimum absolute atomic E-state index is 0.130. The van der Waals surface area contributed by atoms with Crippen LogP contribution in [-0.4, -0.2) is 67.9 Å². The van der Waals surface area contributed by atoms with Crippen LogP contribution in [0.3, 0.4) is 0 Å². The van der Waals surface area contributed by atoms with Crippen LogP contribution in [0.4, 0.5) is 16.2 Å². The number of primary amides is 1. The molecule has 41 heavy (non-hydrogen) atoms. The molecule has 1 fully saturated rings. The Morgan fingerprint density at radius 1 is 1.05 bits per heavy atom. The molecule has 1 saturated carbocycles. The molecule has 0 unspecified atom stereocenters. The third kappa shape index (κ3) is 4.00. The van der Waals surface area contributed by atoms with E-state index < -0.39 is 87.8 Å². The van der Waals surface area contributed by atoms with Gasteiger partial charge in [0.1, 0.15) is 28.6 Å². The van der Waals surface area contributed by atoms with Crippen molar-refractivity contribution in [3.05, 3.63) is 64.4 Å². The van der Waals surface area contributed by atoms with Crippen molar-refractivity contribution in [3.63, 3.8) is 0 Å². The number of methoxy groups -OCH3 is 1. The van der Waals surface area contributed by atoms with E-state index in [1.165, 1.54) is 19.2 Å². The van der Waals surface area contributed by atoms with Crippen LogP contribution in [0.25, 0.3) is 5.76 Å². The number of phenolic OH excluding ortho intramolecular Hbond substituents is 1. The number of aliphatic hydroxyl groups excluding tert-OH is 3. The van der Waals surface area contributed by atoms with E-state index in [0.29, 0.717) is 17.0 Å². The Kier molecular flexibility index (Phi) is 6.51. The Morgan fingerprint density at radius 3 is 2.32 bits per heavy atom. The highest BCUT2D eigenvalue weighted by Crippen LogP contribution is 2.56. The molecule has 9 N–H and O–H groups in total. The summed E-state index contributed by atoms with van der Waals surface area (Å²) >= 11 is 0. The Hall–Kier alpha value is -4.88. The number of benzene rings is 2. The molecule has 214 valence electrons. The van der Waals surface area contributed by atoms with Crippen LogP contribution in [-0.2, 0) is 14.4 Å². The van der Waals surface area contributed by atoms with E-state index in [4.69, 9.17) is 10.5 Å². The lowest BCUT2D eigenvalue weighted by atomic mass is 9.55. The predicted molar refractivity (Wildman–Crippen MR) is 143 cm³/mol. The number of hydrogen-bond donors (Lipinski definition) is 8. The van der Waals surface area contributed by atoms with Gasteiger partial charge in [0, 0.05) is 29.5 Å². The molecule has 13 heteroatoms. The van der Waals surface area contributed by atoms with Crippen molar-refractivity contribution in [2.24, 2.45) is 17.6 Å². The molecule has 0 spiro atoms. The van der Waals surface area contributed by atoms with Gasteiger partial charge in [-0.3, -0.25) is 14.4 Å². The smallest absolute Gasteiger partial charge is 0.323 e. The second-order valence-electron chi connectivity index (χ2n) is 10.2. The second-order valence-corrected chi connectivity index (χ2v) is 10.2. The summed E-state index contributed by atoms with van der Waals surface area (Å²) < 4.78 is 5.07. The molecule has 0 saturated heterocycles. The maximum absolute atomic E-state index is 13.7. The van der Waals surface area contributed by atoms with Gasteiger partial charge in [-0.05, 0) is 41.8 Å². The summed E-state index contributed by atoms with van der Waals surface area (Å²) in [4.78, 5) is 50.7. The molecular weight excluding hydrogens is 538 g/mol. The number of urea groups is 1. The summed E-state index contributed by atoms with van der Waals surface area (Å²) in [7, 11) is 1.50. The number of carbonyl (C=O) groups excluding carboxylic acids is 4. The van der Waals surface area contributed by atoms with Crippen LogP contribution in [0, 0.1) is 11.8 Å². The lowest BCUT2D eigenvalue weighted by Gasteiger charge is -2.50. The van der Waals surface area contributed by atoms with Crippen LogP contribution < -0.4 is 21.1 Å². The van der Waals surface area contributed by atoms with Gasteiger partial charge in [-0.1, -0.05) is 13.0 Å². The summed E-state index contributed by atoms with van der Waals surface area (Å²) in [6.45, 7) is 1.61. The van der Waals surface area contributed by atoms with E-state index in [0.717, 1.165) is 0 Å². The summed E-state index contributed by atoms with van der Waals surface area (Å²) in [5, 5.41) is 60.8. The monoisotopic (exact) mass is 565 g/mol. The molecule has 0 aromatic heterocycles. The van der Waals surface area contributed by atoms with Crippen LogP contribution in [0.1, 0.15) is 30.4 Å². The fourth-order valence-electron chi connectivity index (χ4n) is 6.06. The number of Topliss-reactive ketones (excluding diaryl/α,β-unsaturated/α-hetero) is 2. The number of aliphatic hydroxyl groups is 4. The van der Waals surface area contributed by atoms with Gasteiger partial charge in [0.05, 0.1) is 24.5 Å². The third-order valence-electron chi connectivity index (χ3n) is 8.10. The Balaban J connectivity index is 1.55. The number of nitrogens with two attached hydrogens (primary N) is 1. The van der Waals surface area contributed by atoms with Gasteiger partial charge in [0.25, 0.3) is 5.91 Å². The number of carbonyl (C=O) groups is 4. The third-order valence-corrected chi connectivity index (χ3v) is 8.10. The van der Waals surface area contributed by atoms with Crippen LogP contribution >= 0.6 is 0 Å². The maximum atomic E-state index is 13.7. The highest BCUT2D eigenvalue weighted by Gasteiger charge is 2.64. The fraction of sp³-hybridized carbons (Fsp3) is 0.286. The van der Waals surface area contributed by atoms with Crippen LogP contribution in [0.5, 0.6) is 11.5 Å². The minimum Gasteiger partial charge on any atom is -0.508 e. The Morgan fingerprint density at radius 2 is 1.71 bits per heavy atom. The predicted octanol–water partition coefficient (Wildman–Crippen LogP) is 1.61. The first kappa shape index (κ1) is 27.7. The molecule has 0 radical (unpaired) electrons. The number of nitrogens with one attached hydrogen (secondary N) is 2. The van der Waals surface area contributed by atoms with Gasteiger partial charge in [0.2, 0.25) is 5.78 Å². The fourth-order valence-corrected chi connectivity index (χ4v) is 6.06. The molecule has 0 bridgehead atoms. The summed E-state index contributed by atoms with van der Waals surface area (Å²) in [6, 6.07) is 8.57. The van der Waals surface area contributed by atoms with E-state index in [-0.39, 0.29) is 11.3 Å². The average Bonchev–Trinajstić information content (AvgIpc) is 2.92. The molecule has 5 rings (SSSR count). The standard InChI is InChI=1S/C28H27N3O10/c1-10-13-7-8-15(31-27(39)30-11-3-5-12(41-2)6-4-11)22(34)18(13)23(35)20-17(10)21(33)14-9-16(32)19(26(29)38)24(36)28(14,40)25(20)37/h3-8,10,14,17,21,33-36,40H,9H2,1-2H3,(H2,29,38)(H2,30,31,39)/t10-,14+,17+,21+,28+/m0/s1. The van der Waals surface area contributed by atoms with Crippen molar-refractivity contribution in [3.8, 4) is 11.5 Å². The molecule has 0 heterocycles. The number of aromatic hydroxyl groups is 1. The van der Waals surface area contributed by atoms with Crippen molar-refractivity contribution < 1.29 is 49.4 Å². The van der Waals surface area contributed by atoms with E-state index in [9.17, 15) is 44.7 Å². The number of fused-ring (bicyclic) bond motifs is 3. The lowest BCUT2D eigenvalue weighted by Crippen LogP contribution is -2.63. The molecule has 0 aliphatic heterocycles. The zero-order valence-corrected chi connectivity index (χ0v) is 21.8. The topological polar surface area (TPSA) is 229 Å². The van der Waals surface area contributed by atoms with Crippen molar-refractivity contribution >= 4 is 40.6 Å². The van der Waals surface area contributed by atoms with Gasteiger partial charge >= 0.3 is 6.03 Å². The first-order valence-electron chi connectivity index (χ1n) is 12.6. The molecular formula is C28H27N3O10. The van der Waals surface area contributed by atoms with Gasteiger partial charge < -0.3 is 46.6 Å². The summed E-state index contributed by atoms with van der Waals surface area (Å²) in [5.74, 6) is -9.13. The molecule has 3 amide bonds.